The largest absolute Gasteiger partial charge is 0.488 e. The van der Waals surface area contributed by atoms with Crippen LogP contribution in [0.1, 0.15) is 28.8 Å². The number of likely N-dealkylation sites (tertiary alicyclic amines) is 1. The number of hydrogen-bond donors (Lipinski definition) is 2. The van der Waals surface area contributed by atoms with E-state index in [0.29, 0.717) is 29.5 Å². The number of amides is 1. The average molecular weight is 360 g/mol. The van der Waals surface area contributed by atoms with E-state index < -0.39 is 0 Å². The fourth-order valence-corrected chi connectivity index (χ4v) is 3.22. The monoisotopic (exact) mass is 359 g/mol. The van der Waals surface area contributed by atoms with Gasteiger partial charge in [-0.2, -0.15) is 0 Å². The van der Waals surface area contributed by atoms with Crippen molar-refractivity contribution >= 4 is 17.5 Å². The van der Waals surface area contributed by atoms with Crippen molar-refractivity contribution in [2.24, 2.45) is 0 Å². The van der Waals surface area contributed by atoms with Gasteiger partial charge in [-0.15, -0.1) is 0 Å². The second-order valence-electron chi connectivity index (χ2n) is 6.37. The van der Waals surface area contributed by atoms with Crippen LogP contribution in [-0.4, -0.2) is 32.1 Å². The minimum atomic E-state index is -0.0784. The molecule has 0 aliphatic carbocycles. The number of benzene rings is 2. The smallest absolute Gasteiger partial charge is 0.255 e. The van der Waals surface area contributed by atoms with Crippen LogP contribution in [0.25, 0.3) is 0 Å². The van der Waals surface area contributed by atoms with E-state index >= 15 is 0 Å². The van der Waals surface area contributed by atoms with Gasteiger partial charge in [0, 0.05) is 17.9 Å². The Morgan fingerprint density at radius 1 is 1.08 bits per heavy atom. The van der Waals surface area contributed by atoms with Gasteiger partial charge in [-0.3, -0.25) is 4.79 Å². The number of rotatable bonds is 7. The fourth-order valence-electron chi connectivity index (χ4n) is 3.09. The van der Waals surface area contributed by atoms with Gasteiger partial charge in [0.2, 0.25) is 0 Å². The van der Waals surface area contributed by atoms with Crippen molar-refractivity contribution in [3.05, 3.63) is 64.7 Å². The molecule has 4 nitrogen and oxygen atoms in total. The number of halogens is 1. The van der Waals surface area contributed by atoms with Gasteiger partial charge in [0.25, 0.3) is 5.91 Å². The maximum atomic E-state index is 12.5. The Kier molecular flexibility index (Phi) is 6.31. The van der Waals surface area contributed by atoms with Crippen LogP contribution in [0.4, 0.5) is 0 Å². The number of para-hydroxylation sites is 1. The van der Waals surface area contributed by atoms with Crippen LogP contribution in [-0.2, 0) is 6.61 Å². The minimum absolute atomic E-state index is 0.0784. The summed E-state index contributed by atoms with van der Waals surface area (Å²) in [6, 6.07) is 14.9. The molecule has 0 spiro atoms. The molecule has 2 aromatic carbocycles. The molecule has 2 aromatic rings. The van der Waals surface area contributed by atoms with Crippen molar-refractivity contribution in [3.8, 4) is 5.75 Å². The first-order valence-electron chi connectivity index (χ1n) is 8.80. The first kappa shape index (κ1) is 17.8. The summed E-state index contributed by atoms with van der Waals surface area (Å²) in [6.45, 7) is 4.52. The van der Waals surface area contributed by atoms with E-state index in [0.717, 1.165) is 12.1 Å². The van der Waals surface area contributed by atoms with E-state index in [1.165, 1.54) is 25.9 Å². The maximum absolute atomic E-state index is 12.5. The predicted molar refractivity (Wildman–Crippen MR) is 99.4 cm³/mol. The molecule has 132 valence electrons. The lowest BCUT2D eigenvalue weighted by atomic mass is 10.2. The highest BCUT2D eigenvalue weighted by Gasteiger charge is 2.16. The summed E-state index contributed by atoms with van der Waals surface area (Å²) in [6.07, 6.45) is 2.59. The molecule has 0 atom stereocenters. The Morgan fingerprint density at radius 3 is 2.56 bits per heavy atom. The standard InChI is InChI=1S/C20H23ClN2O2/c21-17-9-7-16(8-10-17)15-25-19-6-2-1-5-18(19)20(24)22-11-14-23-12-3-4-13-23/h1-2,5-10H,3-4,11-15H2,(H,22,24)/p+1. The Morgan fingerprint density at radius 2 is 1.80 bits per heavy atom. The van der Waals surface area contributed by atoms with Crippen LogP contribution >= 0.6 is 11.6 Å². The molecular weight excluding hydrogens is 336 g/mol. The van der Waals surface area contributed by atoms with E-state index in [1.54, 1.807) is 11.0 Å². The highest BCUT2D eigenvalue weighted by Crippen LogP contribution is 2.20. The zero-order chi connectivity index (χ0) is 17.5. The fraction of sp³-hybridized carbons (Fsp3) is 0.350. The third-order valence-electron chi connectivity index (χ3n) is 4.51. The highest BCUT2D eigenvalue weighted by molar-refractivity contribution is 6.30. The van der Waals surface area contributed by atoms with Gasteiger partial charge in [-0.05, 0) is 29.8 Å². The SMILES string of the molecule is O=C(NCC[NH+]1CCCC1)c1ccccc1OCc1ccc(Cl)cc1. The molecule has 1 aliphatic rings. The number of hydrogen-bond acceptors (Lipinski definition) is 2. The summed E-state index contributed by atoms with van der Waals surface area (Å²) >= 11 is 5.90. The minimum Gasteiger partial charge on any atom is -0.488 e. The molecule has 1 saturated heterocycles. The van der Waals surface area contributed by atoms with Crippen molar-refractivity contribution in [2.75, 3.05) is 26.2 Å². The molecule has 1 heterocycles. The second-order valence-corrected chi connectivity index (χ2v) is 6.81. The summed E-state index contributed by atoms with van der Waals surface area (Å²) in [4.78, 5) is 14.1. The third kappa shape index (κ3) is 5.21. The summed E-state index contributed by atoms with van der Waals surface area (Å²) in [7, 11) is 0. The third-order valence-corrected chi connectivity index (χ3v) is 4.77. The van der Waals surface area contributed by atoms with Crippen LogP contribution in [0.3, 0.4) is 0 Å². The lowest BCUT2D eigenvalue weighted by Crippen LogP contribution is -3.10. The van der Waals surface area contributed by atoms with Gasteiger partial charge in [0.15, 0.2) is 0 Å². The van der Waals surface area contributed by atoms with Gasteiger partial charge >= 0.3 is 0 Å². The summed E-state index contributed by atoms with van der Waals surface area (Å²) in [5.74, 6) is 0.522. The van der Waals surface area contributed by atoms with Gasteiger partial charge < -0.3 is 15.0 Å². The molecular formula is C20H24ClN2O2+. The van der Waals surface area contributed by atoms with Crippen molar-refractivity contribution in [1.29, 1.82) is 0 Å². The van der Waals surface area contributed by atoms with Crippen LogP contribution in [0.5, 0.6) is 5.75 Å². The van der Waals surface area contributed by atoms with Crippen LogP contribution in [0.2, 0.25) is 5.02 Å². The van der Waals surface area contributed by atoms with Gasteiger partial charge in [0.1, 0.15) is 12.4 Å². The first-order chi connectivity index (χ1) is 12.2. The average Bonchev–Trinajstić information content (AvgIpc) is 3.15. The first-order valence-corrected chi connectivity index (χ1v) is 9.18. The maximum Gasteiger partial charge on any atom is 0.255 e. The lowest BCUT2D eigenvalue weighted by molar-refractivity contribution is -0.886. The number of quaternary nitrogens is 1. The van der Waals surface area contributed by atoms with Crippen molar-refractivity contribution in [3.63, 3.8) is 0 Å². The molecule has 1 amide bonds. The van der Waals surface area contributed by atoms with Gasteiger partial charge in [0.05, 0.1) is 31.7 Å². The Hall–Kier alpha value is -2.04. The summed E-state index contributed by atoms with van der Waals surface area (Å²) in [5, 5.41) is 3.71. The molecule has 0 unspecified atom stereocenters. The Balaban J connectivity index is 1.55. The van der Waals surface area contributed by atoms with E-state index in [-0.39, 0.29) is 5.91 Å². The topological polar surface area (TPSA) is 42.8 Å². The Labute approximate surface area is 153 Å². The van der Waals surface area contributed by atoms with Crippen LogP contribution in [0.15, 0.2) is 48.5 Å². The normalized spacial score (nSPS) is 14.4. The lowest BCUT2D eigenvalue weighted by Gasteiger charge is -2.14. The van der Waals surface area contributed by atoms with E-state index in [2.05, 4.69) is 5.32 Å². The van der Waals surface area contributed by atoms with Crippen LogP contribution < -0.4 is 15.0 Å². The number of nitrogens with one attached hydrogen (secondary N) is 2. The molecule has 5 heteroatoms. The highest BCUT2D eigenvalue weighted by atomic mass is 35.5. The van der Waals surface area contributed by atoms with Crippen molar-refractivity contribution in [2.45, 2.75) is 19.4 Å². The van der Waals surface area contributed by atoms with E-state index in [1.807, 2.05) is 42.5 Å². The zero-order valence-corrected chi connectivity index (χ0v) is 15.0. The summed E-state index contributed by atoms with van der Waals surface area (Å²) in [5.41, 5.74) is 1.59. The quantitative estimate of drug-likeness (QED) is 0.796. The van der Waals surface area contributed by atoms with Crippen LogP contribution in [0, 0.1) is 0 Å². The molecule has 0 radical (unpaired) electrons. The Bertz CT molecular complexity index is 697. The predicted octanol–water partition coefficient (Wildman–Crippen LogP) is 2.33. The molecule has 0 aromatic heterocycles. The zero-order valence-electron chi connectivity index (χ0n) is 14.3. The van der Waals surface area contributed by atoms with Gasteiger partial charge in [-0.25, -0.2) is 0 Å². The van der Waals surface area contributed by atoms with Crippen molar-refractivity contribution in [1.82, 2.24) is 5.32 Å². The molecule has 1 fully saturated rings. The molecule has 2 N–H and O–H groups in total. The van der Waals surface area contributed by atoms with E-state index in [4.69, 9.17) is 16.3 Å². The molecule has 25 heavy (non-hydrogen) atoms. The molecule has 3 rings (SSSR count). The molecule has 0 saturated carbocycles. The number of carbonyl (C=O) groups excluding carboxylic acids is 1. The van der Waals surface area contributed by atoms with Crippen molar-refractivity contribution < 1.29 is 14.4 Å². The number of ether oxygens (including phenoxy) is 1. The molecule has 1 aliphatic heterocycles. The second kappa shape index (κ2) is 8.88. The molecule has 0 bridgehead atoms. The van der Waals surface area contributed by atoms with Gasteiger partial charge in [-0.1, -0.05) is 35.9 Å². The van der Waals surface area contributed by atoms with E-state index in [9.17, 15) is 4.79 Å². The summed E-state index contributed by atoms with van der Waals surface area (Å²) < 4.78 is 5.85. The number of carbonyl (C=O) groups is 1.